The Balaban J connectivity index is 2.03. The van der Waals surface area contributed by atoms with Crippen LogP contribution in [0.2, 0.25) is 0 Å². The molecule has 0 aromatic heterocycles. The molecule has 0 saturated heterocycles. The van der Waals surface area contributed by atoms with Crippen molar-refractivity contribution in [2.75, 3.05) is 14.1 Å². The molecule has 1 saturated carbocycles. The summed E-state index contributed by atoms with van der Waals surface area (Å²) in [5, 5.41) is 0. The number of rotatable bonds is 2. The molecule has 0 aliphatic heterocycles. The summed E-state index contributed by atoms with van der Waals surface area (Å²) in [4.78, 5) is 13.3. The quantitative estimate of drug-likeness (QED) is 0.695. The SMILES string of the molecule is CN(C)C(=O)[C@@H]1C[C@H]1c1ccccc1. The summed E-state index contributed by atoms with van der Waals surface area (Å²) < 4.78 is 0. The van der Waals surface area contributed by atoms with Gasteiger partial charge in [-0.15, -0.1) is 0 Å². The van der Waals surface area contributed by atoms with Crippen LogP contribution >= 0.6 is 0 Å². The molecule has 2 heteroatoms. The molecule has 0 heterocycles. The summed E-state index contributed by atoms with van der Waals surface area (Å²) in [5.41, 5.74) is 1.30. The van der Waals surface area contributed by atoms with Crippen LogP contribution in [0.25, 0.3) is 0 Å². The number of hydrogen-bond donors (Lipinski definition) is 0. The largest absolute Gasteiger partial charge is 0.349 e. The molecule has 0 unspecified atom stereocenters. The van der Waals surface area contributed by atoms with Crippen molar-refractivity contribution < 1.29 is 4.79 Å². The number of nitrogens with zero attached hydrogens (tertiary/aromatic N) is 1. The van der Waals surface area contributed by atoms with Crippen LogP contribution in [0.5, 0.6) is 0 Å². The van der Waals surface area contributed by atoms with E-state index in [4.69, 9.17) is 0 Å². The third kappa shape index (κ3) is 1.65. The minimum absolute atomic E-state index is 0.229. The Kier molecular flexibility index (Phi) is 2.28. The maximum atomic E-state index is 11.6. The smallest absolute Gasteiger partial charge is 0.225 e. The number of benzene rings is 1. The highest BCUT2D eigenvalue weighted by Crippen LogP contribution is 2.48. The third-order valence-corrected chi connectivity index (χ3v) is 2.78. The van der Waals surface area contributed by atoms with Crippen LogP contribution in [0.4, 0.5) is 0 Å². The van der Waals surface area contributed by atoms with Gasteiger partial charge in [-0.1, -0.05) is 30.3 Å². The van der Waals surface area contributed by atoms with E-state index in [9.17, 15) is 4.79 Å². The van der Waals surface area contributed by atoms with Gasteiger partial charge in [0.1, 0.15) is 0 Å². The van der Waals surface area contributed by atoms with Gasteiger partial charge in [0.15, 0.2) is 0 Å². The predicted molar refractivity (Wildman–Crippen MR) is 56.0 cm³/mol. The molecule has 2 atom stereocenters. The van der Waals surface area contributed by atoms with Gasteiger partial charge in [0.25, 0.3) is 0 Å². The molecule has 1 fully saturated rings. The lowest BCUT2D eigenvalue weighted by Crippen LogP contribution is -2.23. The molecule has 1 aromatic rings. The van der Waals surface area contributed by atoms with Crippen molar-refractivity contribution in [2.24, 2.45) is 5.92 Å². The minimum atomic E-state index is 0.229. The first-order valence-electron chi connectivity index (χ1n) is 4.96. The van der Waals surface area contributed by atoms with Crippen LogP contribution in [0.15, 0.2) is 30.3 Å². The highest BCUT2D eigenvalue weighted by atomic mass is 16.2. The van der Waals surface area contributed by atoms with Crippen molar-refractivity contribution >= 4 is 5.91 Å². The van der Waals surface area contributed by atoms with Crippen LogP contribution in [-0.4, -0.2) is 24.9 Å². The normalized spacial score (nSPS) is 24.4. The number of hydrogen-bond acceptors (Lipinski definition) is 1. The van der Waals surface area contributed by atoms with Gasteiger partial charge in [-0.05, 0) is 17.9 Å². The zero-order chi connectivity index (χ0) is 10.1. The zero-order valence-electron chi connectivity index (χ0n) is 8.60. The summed E-state index contributed by atoms with van der Waals surface area (Å²) in [5.74, 6) is 0.956. The van der Waals surface area contributed by atoms with Crippen LogP contribution in [-0.2, 0) is 4.79 Å². The first kappa shape index (κ1) is 9.25. The van der Waals surface area contributed by atoms with Crippen LogP contribution in [0.3, 0.4) is 0 Å². The Labute approximate surface area is 84.5 Å². The molecule has 1 aromatic carbocycles. The molecule has 74 valence electrons. The van der Waals surface area contributed by atoms with E-state index in [1.807, 2.05) is 32.3 Å². The molecule has 1 amide bonds. The topological polar surface area (TPSA) is 20.3 Å². The summed E-state index contributed by atoms with van der Waals surface area (Å²) in [6.45, 7) is 0. The van der Waals surface area contributed by atoms with Gasteiger partial charge < -0.3 is 4.90 Å². The third-order valence-electron chi connectivity index (χ3n) is 2.78. The average Bonchev–Trinajstić information content (AvgIpc) is 2.97. The molecular weight excluding hydrogens is 174 g/mol. The minimum Gasteiger partial charge on any atom is -0.349 e. The Morgan fingerprint density at radius 1 is 1.29 bits per heavy atom. The fourth-order valence-corrected chi connectivity index (χ4v) is 1.87. The fourth-order valence-electron chi connectivity index (χ4n) is 1.87. The molecule has 1 aliphatic rings. The van der Waals surface area contributed by atoms with Gasteiger partial charge in [0, 0.05) is 20.0 Å². The lowest BCUT2D eigenvalue weighted by Gasteiger charge is -2.09. The molecule has 2 nitrogen and oxygen atoms in total. The number of amides is 1. The van der Waals surface area contributed by atoms with Gasteiger partial charge in [0.05, 0.1) is 0 Å². The van der Waals surface area contributed by atoms with Gasteiger partial charge in [-0.2, -0.15) is 0 Å². The highest BCUT2D eigenvalue weighted by Gasteiger charge is 2.44. The molecule has 0 spiro atoms. The van der Waals surface area contributed by atoms with Gasteiger partial charge in [-0.3, -0.25) is 4.79 Å². The van der Waals surface area contributed by atoms with E-state index in [0.717, 1.165) is 6.42 Å². The molecular formula is C12H15NO. The molecule has 1 aliphatic carbocycles. The van der Waals surface area contributed by atoms with Crippen molar-refractivity contribution in [1.82, 2.24) is 4.90 Å². The lowest BCUT2D eigenvalue weighted by atomic mass is 10.1. The summed E-state index contributed by atoms with van der Waals surface area (Å²) in [6, 6.07) is 10.3. The van der Waals surface area contributed by atoms with Crippen molar-refractivity contribution in [1.29, 1.82) is 0 Å². The second kappa shape index (κ2) is 3.45. The van der Waals surface area contributed by atoms with Crippen LogP contribution in [0.1, 0.15) is 17.9 Å². The zero-order valence-corrected chi connectivity index (χ0v) is 8.60. The molecule has 2 rings (SSSR count). The molecule has 0 bridgehead atoms. The summed E-state index contributed by atoms with van der Waals surface area (Å²) in [7, 11) is 3.64. The first-order valence-corrected chi connectivity index (χ1v) is 4.96. The fraction of sp³-hybridized carbons (Fsp3) is 0.417. The Bertz CT molecular complexity index is 331. The van der Waals surface area contributed by atoms with E-state index in [1.54, 1.807) is 4.90 Å². The standard InChI is InChI=1S/C12H15NO/c1-13(2)12(14)11-8-10(11)9-6-4-3-5-7-9/h3-7,10-11H,8H2,1-2H3/t10-,11+/m0/s1. The van der Waals surface area contributed by atoms with E-state index < -0.39 is 0 Å². The second-order valence-corrected chi connectivity index (χ2v) is 4.09. The number of carbonyl (C=O) groups is 1. The maximum absolute atomic E-state index is 11.6. The van der Waals surface area contributed by atoms with Crippen molar-refractivity contribution in [3.8, 4) is 0 Å². The maximum Gasteiger partial charge on any atom is 0.225 e. The number of carbonyl (C=O) groups excluding carboxylic acids is 1. The monoisotopic (exact) mass is 189 g/mol. The van der Waals surface area contributed by atoms with E-state index in [-0.39, 0.29) is 11.8 Å². The lowest BCUT2D eigenvalue weighted by molar-refractivity contribution is -0.130. The van der Waals surface area contributed by atoms with Crippen molar-refractivity contribution in [3.63, 3.8) is 0 Å². The molecule has 0 radical (unpaired) electrons. The average molecular weight is 189 g/mol. The molecule has 14 heavy (non-hydrogen) atoms. The van der Waals surface area contributed by atoms with Gasteiger partial charge in [-0.25, -0.2) is 0 Å². The van der Waals surface area contributed by atoms with Gasteiger partial charge in [0.2, 0.25) is 5.91 Å². The van der Waals surface area contributed by atoms with Crippen LogP contribution < -0.4 is 0 Å². The van der Waals surface area contributed by atoms with E-state index >= 15 is 0 Å². The Hall–Kier alpha value is -1.31. The highest BCUT2D eigenvalue weighted by molar-refractivity contribution is 5.82. The molecule has 0 N–H and O–H groups in total. The van der Waals surface area contributed by atoms with Crippen LogP contribution in [0, 0.1) is 5.92 Å². The van der Waals surface area contributed by atoms with E-state index in [0.29, 0.717) is 5.92 Å². The predicted octanol–water partition coefficient (Wildman–Crippen LogP) is 1.88. The van der Waals surface area contributed by atoms with E-state index in [2.05, 4.69) is 12.1 Å². The Morgan fingerprint density at radius 2 is 1.93 bits per heavy atom. The van der Waals surface area contributed by atoms with Crippen molar-refractivity contribution in [2.45, 2.75) is 12.3 Å². The van der Waals surface area contributed by atoms with Crippen molar-refractivity contribution in [3.05, 3.63) is 35.9 Å². The Morgan fingerprint density at radius 3 is 2.50 bits per heavy atom. The second-order valence-electron chi connectivity index (χ2n) is 4.09. The van der Waals surface area contributed by atoms with Gasteiger partial charge >= 0.3 is 0 Å². The summed E-state index contributed by atoms with van der Waals surface area (Å²) >= 11 is 0. The first-order chi connectivity index (χ1) is 6.70. The van der Waals surface area contributed by atoms with E-state index in [1.165, 1.54) is 5.56 Å². The summed E-state index contributed by atoms with van der Waals surface area (Å²) in [6.07, 6.45) is 1.01.